The van der Waals surface area contributed by atoms with Gasteiger partial charge in [0, 0.05) is 18.2 Å². The number of halogens is 2. The first kappa shape index (κ1) is 15.7. The number of nitrogens with two attached hydrogens (primary N) is 1. The molecule has 2 N–H and O–H groups in total. The molecule has 110 valence electrons. The number of hydrogen-bond acceptors (Lipinski definition) is 4. The SMILES string of the molecule is CC1CS(=O)(=O)CCN1c1ccc(C(N)=S)c(Br)c1F. The van der Waals surface area contributed by atoms with Crippen LogP contribution < -0.4 is 10.6 Å². The topological polar surface area (TPSA) is 63.4 Å². The average Bonchev–Trinajstić information content (AvgIpc) is 2.32. The van der Waals surface area contributed by atoms with Crippen LogP contribution in [0, 0.1) is 5.82 Å². The van der Waals surface area contributed by atoms with E-state index in [1.54, 1.807) is 24.0 Å². The summed E-state index contributed by atoms with van der Waals surface area (Å²) < 4.78 is 37.8. The van der Waals surface area contributed by atoms with Gasteiger partial charge >= 0.3 is 0 Å². The predicted octanol–water partition coefficient (Wildman–Crippen LogP) is 1.85. The van der Waals surface area contributed by atoms with Gasteiger partial charge in [0.1, 0.15) is 4.99 Å². The molecule has 1 unspecified atom stereocenters. The van der Waals surface area contributed by atoms with Gasteiger partial charge in [-0.1, -0.05) is 12.2 Å². The maximum Gasteiger partial charge on any atom is 0.161 e. The fraction of sp³-hybridized carbons (Fsp3) is 0.417. The Morgan fingerprint density at radius 1 is 1.55 bits per heavy atom. The van der Waals surface area contributed by atoms with Crippen molar-refractivity contribution in [3.05, 3.63) is 28.0 Å². The number of sulfone groups is 1. The fourth-order valence-electron chi connectivity index (χ4n) is 2.31. The molecular formula is C12H14BrFN2O2S2. The Morgan fingerprint density at radius 3 is 2.75 bits per heavy atom. The summed E-state index contributed by atoms with van der Waals surface area (Å²) in [6, 6.07) is 2.95. The van der Waals surface area contributed by atoms with Crippen molar-refractivity contribution in [1.82, 2.24) is 0 Å². The van der Waals surface area contributed by atoms with Crippen molar-refractivity contribution in [3.8, 4) is 0 Å². The molecule has 0 aliphatic carbocycles. The van der Waals surface area contributed by atoms with Gasteiger partial charge < -0.3 is 10.6 Å². The van der Waals surface area contributed by atoms with Crippen molar-refractivity contribution in [3.63, 3.8) is 0 Å². The molecule has 0 saturated carbocycles. The second-order valence-corrected chi connectivity index (χ2v) is 8.24. The average molecular weight is 381 g/mol. The highest BCUT2D eigenvalue weighted by molar-refractivity contribution is 9.10. The van der Waals surface area contributed by atoms with Crippen molar-refractivity contribution in [2.45, 2.75) is 13.0 Å². The van der Waals surface area contributed by atoms with E-state index in [0.29, 0.717) is 11.3 Å². The van der Waals surface area contributed by atoms with Crippen LogP contribution in [0.1, 0.15) is 12.5 Å². The molecule has 1 aliphatic heterocycles. The second-order valence-electron chi connectivity index (χ2n) is 4.78. The molecule has 0 radical (unpaired) electrons. The molecular weight excluding hydrogens is 367 g/mol. The van der Waals surface area contributed by atoms with Crippen LogP contribution in [-0.4, -0.2) is 37.5 Å². The summed E-state index contributed by atoms with van der Waals surface area (Å²) in [7, 11) is -3.03. The quantitative estimate of drug-likeness (QED) is 0.793. The highest BCUT2D eigenvalue weighted by Gasteiger charge is 2.30. The van der Waals surface area contributed by atoms with Gasteiger partial charge in [-0.3, -0.25) is 0 Å². The molecule has 1 aliphatic rings. The van der Waals surface area contributed by atoms with E-state index in [0.717, 1.165) is 0 Å². The molecule has 4 nitrogen and oxygen atoms in total. The van der Waals surface area contributed by atoms with Crippen LogP contribution in [0.4, 0.5) is 10.1 Å². The van der Waals surface area contributed by atoms with Crippen LogP contribution in [0.2, 0.25) is 0 Å². The Labute approximate surface area is 131 Å². The molecule has 0 aromatic heterocycles. The second kappa shape index (κ2) is 5.57. The maximum atomic E-state index is 14.4. The van der Waals surface area contributed by atoms with E-state index in [2.05, 4.69) is 15.9 Å². The molecule has 2 rings (SSSR count). The van der Waals surface area contributed by atoms with E-state index < -0.39 is 15.7 Å². The predicted molar refractivity (Wildman–Crippen MR) is 85.4 cm³/mol. The summed E-state index contributed by atoms with van der Waals surface area (Å²) in [4.78, 5) is 1.86. The summed E-state index contributed by atoms with van der Waals surface area (Å²) in [6.45, 7) is 2.05. The minimum absolute atomic E-state index is 0.0289. The molecule has 1 atom stereocenters. The lowest BCUT2D eigenvalue weighted by Gasteiger charge is -2.35. The normalized spacial score (nSPS) is 21.8. The maximum absolute atomic E-state index is 14.4. The number of hydrogen-bond donors (Lipinski definition) is 1. The summed E-state index contributed by atoms with van der Waals surface area (Å²) in [5.41, 5.74) is 6.31. The highest BCUT2D eigenvalue weighted by atomic mass is 79.9. The lowest BCUT2D eigenvalue weighted by Crippen LogP contribution is -2.47. The zero-order valence-electron chi connectivity index (χ0n) is 10.8. The minimum atomic E-state index is -3.03. The molecule has 1 heterocycles. The van der Waals surface area contributed by atoms with E-state index in [9.17, 15) is 12.8 Å². The zero-order valence-corrected chi connectivity index (χ0v) is 14.0. The summed E-state index contributed by atoms with van der Waals surface area (Å²) in [5, 5.41) is 0. The van der Waals surface area contributed by atoms with Gasteiger partial charge in [-0.2, -0.15) is 0 Å². The third kappa shape index (κ3) is 2.96. The van der Waals surface area contributed by atoms with E-state index in [4.69, 9.17) is 18.0 Å². The number of thiocarbonyl (C=S) groups is 1. The van der Waals surface area contributed by atoms with Gasteiger partial charge in [0.2, 0.25) is 0 Å². The molecule has 1 aromatic carbocycles. The van der Waals surface area contributed by atoms with Crippen molar-refractivity contribution in [1.29, 1.82) is 0 Å². The first-order chi connectivity index (χ1) is 9.23. The van der Waals surface area contributed by atoms with Crippen LogP contribution >= 0.6 is 28.1 Å². The van der Waals surface area contributed by atoms with Crippen molar-refractivity contribution >= 4 is 48.7 Å². The van der Waals surface area contributed by atoms with Gasteiger partial charge in [0.25, 0.3) is 0 Å². The fourth-order valence-corrected chi connectivity index (χ4v) is 4.71. The molecule has 0 bridgehead atoms. The Hall–Kier alpha value is -0.730. The van der Waals surface area contributed by atoms with Crippen LogP contribution in [0.3, 0.4) is 0 Å². The Kier molecular flexibility index (Phi) is 4.36. The molecule has 8 heteroatoms. The van der Waals surface area contributed by atoms with Gasteiger partial charge in [-0.25, -0.2) is 12.8 Å². The van der Waals surface area contributed by atoms with Crippen LogP contribution in [0.25, 0.3) is 0 Å². The highest BCUT2D eigenvalue weighted by Crippen LogP contribution is 2.31. The number of benzene rings is 1. The monoisotopic (exact) mass is 380 g/mol. The lowest BCUT2D eigenvalue weighted by atomic mass is 10.1. The molecule has 1 saturated heterocycles. The van der Waals surface area contributed by atoms with Crippen LogP contribution in [0.5, 0.6) is 0 Å². The van der Waals surface area contributed by atoms with Crippen molar-refractivity contribution in [2.24, 2.45) is 5.73 Å². The standard InChI is InChI=1S/C12H14BrFN2O2S2/c1-7-6-20(17,18)5-4-16(7)9-3-2-8(12(15)19)10(13)11(9)14/h2-3,7H,4-6H2,1H3,(H2,15,19). The summed E-state index contributed by atoms with van der Waals surface area (Å²) in [6.07, 6.45) is 0. The van der Waals surface area contributed by atoms with Crippen molar-refractivity contribution < 1.29 is 12.8 Å². The van der Waals surface area contributed by atoms with E-state index in [-0.39, 0.29) is 33.6 Å². The number of anilines is 1. The third-order valence-corrected chi connectivity index (χ3v) is 6.10. The number of rotatable bonds is 2. The van der Waals surface area contributed by atoms with Gasteiger partial charge in [-0.15, -0.1) is 0 Å². The Morgan fingerprint density at radius 2 is 2.20 bits per heavy atom. The smallest absolute Gasteiger partial charge is 0.161 e. The first-order valence-electron chi connectivity index (χ1n) is 5.98. The summed E-state index contributed by atoms with van der Waals surface area (Å²) in [5.74, 6) is -0.409. The minimum Gasteiger partial charge on any atom is -0.389 e. The number of nitrogens with zero attached hydrogens (tertiary/aromatic N) is 1. The van der Waals surface area contributed by atoms with Gasteiger partial charge in [0.15, 0.2) is 15.7 Å². The van der Waals surface area contributed by atoms with Crippen LogP contribution in [0.15, 0.2) is 16.6 Å². The first-order valence-corrected chi connectivity index (χ1v) is 9.00. The van der Waals surface area contributed by atoms with Gasteiger partial charge in [-0.05, 0) is 35.0 Å². The zero-order chi connectivity index (χ0) is 15.1. The summed E-state index contributed by atoms with van der Waals surface area (Å²) >= 11 is 8.00. The van der Waals surface area contributed by atoms with E-state index >= 15 is 0 Å². The molecule has 1 fully saturated rings. The Balaban J connectivity index is 2.40. The molecule has 20 heavy (non-hydrogen) atoms. The molecule has 0 spiro atoms. The largest absolute Gasteiger partial charge is 0.389 e. The lowest BCUT2D eigenvalue weighted by molar-refractivity contribution is 0.558. The molecule has 0 amide bonds. The van der Waals surface area contributed by atoms with Crippen LogP contribution in [-0.2, 0) is 9.84 Å². The Bertz CT molecular complexity index is 664. The molecule has 1 aromatic rings. The van der Waals surface area contributed by atoms with E-state index in [1.807, 2.05) is 0 Å². The third-order valence-electron chi connectivity index (χ3n) is 3.31. The van der Waals surface area contributed by atoms with Gasteiger partial charge in [0.05, 0.1) is 21.7 Å². The van der Waals surface area contributed by atoms with Crippen molar-refractivity contribution in [2.75, 3.05) is 23.0 Å². The van der Waals surface area contributed by atoms with E-state index in [1.165, 1.54) is 0 Å².